The monoisotopic (exact) mass is 698 g/mol. The van der Waals surface area contributed by atoms with Gasteiger partial charge in [-0.2, -0.15) is 22.7 Å². The first-order valence-corrected chi connectivity index (χ1v) is 14.6. The minimum Gasteiger partial charge on any atom is -0.501 e. The van der Waals surface area contributed by atoms with E-state index in [1.807, 2.05) is 0 Å². The van der Waals surface area contributed by atoms with Crippen molar-refractivity contribution in [2.24, 2.45) is 0 Å². The summed E-state index contributed by atoms with van der Waals surface area (Å²) >= 11 is 4.63. The predicted octanol–water partition coefficient (Wildman–Crippen LogP) is 5.36. The van der Waals surface area contributed by atoms with Crippen LogP contribution in [0, 0.1) is 6.01 Å². The van der Waals surface area contributed by atoms with Crippen LogP contribution >= 0.6 is 27.3 Å². The second kappa shape index (κ2) is 12.9. The van der Waals surface area contributed by atoms with Crippen molar-refractivity contribution in [1.29, 1.82) is 0 Å². The van der Waals surface area contributed by atoms with Crippen LogP contribution in [-0.4, -0.2) is 68.1 Å². The summed E-state index contributed by atoms with van der Waals surface area (Å²) in [6.45, 7) is 0.111. The first-order chi connectivity index (χ1) is 21.3. The fourth-order valence-electron chi connectivity index (χ4n) is 4.38. The molecule has 1 aromatic carbocycles. The molecular formula is C27H18B3BrF4N4O5S. The van der Waals surface area contributed by atoms with Crippen LogP contribution in [0.4, 0.5) is 17.6 Å². The van der Waals surface area contributed by atoms with Crippen LogP contribution < -0.4 is 9.47 Å². The number of rotatable bonds is 11. The molecule has 45 heavy (non-hydrogen) atoms. The summed E-state index contributed by atoms with van der Waals surface area (Å²) < 4.78 is 76.2. The molecule has 5 rings (SSSR count). The van der Waals surface area contributed by atoms with Crippen molar-refractivity contribution in [1.82, 2.24) is 19.7 Å². The van der Waals surface area contributed by atoms with Gasteiger partial charge >= 0.3 is 12.1 Å². The topological polar surface area (TPSA) is 102 Å². The molecule has 0 saturated carbocycles. The highest BCUT2D eigenvalue weighted by atomic mass is 79.9. The van der Waals surface area contributed by atoms with Crippen molar-refractivity contribution in [2.75, 3.05) is 6.61 Å². The number of thiophene rings is 1. The number of esters is 1. The summed E-state index contributed by atoms with van der Waals surface area (Å²) in [7, 11) is 18.9. The number of nitrogens with zero attached hydrogens (tertiary/aromatic N) is 4. The smallest absolute Gasteiger partial charge is 0.408 e. The maximum Gasteiger partial charge on any atom is 0.408 e. The summed E-state index contributed by atoms with van der Waals surface area (Å²) in [6, 6.07) is 9.05. The number of carbonyl (C=O) groups excluding carboxylic acids is 1. The van der Waals surface area contributed by atoms with Crippen molar-refractivity contribution in [3.63, 3.8) is 0 Å². The van der Waals surface area contributed by atoms with E-state index < -0.39 is 42.0 Å². The van der Waals surface area contributed by atoms with Gasteiger partial charge in [-0.3, -0.25) is 4.68 Å². The molecule has 4 aromatic heterocycles. The molecule has 6 radical (unpaired) electrons. The number of alkyl halides is 3. The van der Waals surface area contributed by atoms with E-state index in [-0.39, 0.29) is 35.3 Å². The number of furan rings is 1. The summed E-state index contributed by atoms with van der Waals surface area (Å²) in [6.07, 6.45) is -3.84. The van der Waals surface area contributed by atoms with Crippen molar-refractivity contribution in [3.05, 3.63) is 76.7 Å². The van der Waals surface area contributed by atoms with Gasteiger partial charge in [-0.25, -0.2) is 14.8 Å². The van der Waals surface area contributed by atoms with Crippen molar-refractivity contribution >= 4 is 67.0 Å². The van der Waals surface area contributed by atoms with Gasteiger partial charge in [-0.15, -0.1) is 11.3 Å². The fourth-order valence-corrected chi connectivity index (χ4v) is 6.29. The van der Waals surface area contributed by atoms with Gasteiger partial charge in [-0.1, -0.05) is 18.2 Å². The summed E-state index contributed by atoms with van der Waals surface area (Å²) in [4.78, 5) is 22.6. The van der Waals surface area contributed by atoms with Crippen LogP contribution in [0.15, 0.2) is 63.9 Å². The standard InChI is InChI=1S/C27H18B3BrF4N4O5S/c1-2-41-25(40)21(43-23-18-20(31)22(15-7-8-17(32)42-15)45-24(18)37-12-36-23)19(28)13-5-3-4-6-14(13)44-27(29,30)16-9-10-38-39(16)11-26(33,34)35/h3-10,12,19,21H,2,11H2,1H3. The molecule has 0 bridgehead atoms. The zero-order valence-electron chi connectivity index (χ0n) is 23.1. The number of aromatic nitrogens is 4. The van der Waals surface area contributed by atoms with Gasteiger partial charge in [0, 0.05) is 12.3 Å². The first kappa shape index (κ1) is 32.6. The lowest BCUT2D eigenvalue weighted by Gasteiger charge is -2.32. The number of hydrogen-bond donors (Lipinski definition) is 0. The van der Waals surface area contributed by atoms with Gasteiger partial charge in [0.15, 0.2) is 6.10 Å². The Balaban J connectivity index is 1.50. The van der Waals surface area contributed by atoms with Crippen LogP contribution in [0.25, 0.3) is 20.9 Å². The molecule has 0 aliphatic heterocycles. The van der Waals surface area contributed by atoms with E-state index in [0.717, 1.165) is 23.6 Å². The normalized spacial score (nSPS) is 13.5. The van der Waals surface area contributed by atoms with Gasteiger partial charge in [0.2, 0.25) is 5.88 Å². The molecule has 0 aliphatic carbocycles. The molecule has 18 heteroatoms. The van der Waals surface area contributed by atoms with E-state index in [1.165, 1.54) is 30.6 Å². The van der Waals surface area contributed by atoms with E-state index in [2.05, 4.69) is 31.0 Å². The highest BCUT2D eigenvalue weighted by molar-refractivity contribution is 9.10. The molecule has 0 amide bonds. The highest BCUT2D eigenvalue weighted by Crippen LogP contribution is 2.45. The molecule has 4 heterocycles. The third-order valence-electron chi connectivity index (χ3n) is 6.28. The summed E-state index contributed by atoms with van der Waals surface area (Å²) in [5.74, 6) is -2.06. The van der Waals surface area contributed by atoms with Gasteiger partial charge in [0.05, 0.1) is 40.3 Å². The highest BCUT2D eigenvalue weighted by Gasteiger charge is 2.36. The van der Waals surface area contributed by atoms with Gasteiger partial charge in [0.25, 0.3) is 6.01 Å². The predicted molar refractivity (Wildman–Crippen MR) is 161 cm³/mol. The Hall–Kier alpha value is -3.79. The lowest BCUT2D eigenvalue weighted by Crippen LogP contribution is -2.39. The Morgan fingerprint density at radius 2 is 1.91 bits per heavy atom. The number of halogens is 5. The number of hydrogen-bond acceptors (Lipinski definition) is 9. The van der Waals surface area contributed by atoms with Crippen LogP contribution in [0.5, 0.6) is 11.6 Å². The number of para-hydroxylation sites is 1. The number of fused-ring (bicyclic) bond motifs is 1. The Morgan fingerprint density at radius 1 is 1.16 bits per heavy atom. The fraction of sp³-hybridized carbons (Fsp3) is 0.259. The number of carbonyl (C=O) groups is 1. The largest absolute Gasteiger partial charge is 0.501 e. The van der Waals surface area contributed by atoms with E-state index in [1.54, 1.807) is 19.1 Å². The Kier molecular flexibility index (Phi) is 9.35. The Bertz CT molecular complexity index is 1830. The molecule has 9 nitrogen and oxygen atoms in total. The van der Waals surface area contributed by atoms with Gasteiger partial charge < -0.3 is 18.6 Å². The van der Waals surface area contributed by atoms with Crippen LogP contribution in [0.2, 0.25) is 0 Å². The quantitative estimate of drug-likeness (QED) is 0.103. The summed E-state index contributed by atoms with van der Waals surface area (Å²) in [5, 5.41) is 1.69. The van der Waals surface area contributed by atoms with E-state index >= 15 is 0 Å². The van der Waals surface area contributed by atoms with Gasteiger partial charge in [0.1, 0.15) is 44.9 Å². The van der Waals surface area contributed by atoms with Crippen LogP contribution in [-0.2, 0) is 21.5 Å². The molecule has 226 valence electrons. The minimum atomic E-state index is -4.61. The molecular weight excluding hydrogens is 681 g/mol. The molecule has 2 atom stereocenters. The maximum absolute atomic E-state index is 13.6. The van der Waals surface area contributed by atoms with Gasteiger partial charge in [-0.05, 0) is 52.4 Å². The first-order valence-electron chi connectivity index (χ1n) is 13.0. The molecule has 0 fully saturated rings. The molecule has 0 saturated heterocycles. The number of ether oxygens (including phenoxy) is 3. The SMILES string of the molecule is [B]C(c1ccccc1OC([B])([B])c1ccnn1CC(F)(F)F)C(Oc1ncnc2sc(-c3ccc(F)o3)c(Br)c12)C(=O)OCC. The molecule has 0 spiro atoms. The molecule has 0 N–H and O–H groups in total. The van der Waals surface area contributed by atoms with Crippen LogP contribution in [0.1, 0.15) is 24.0 Å². The Morgan fingerprint density at radius 3 is 2.60 bits per heavy atom. The minimum absolute atomic E-state index is 0.0169. The molecule has 0 aliphatic rings. The van der Waals surface area contributed by atoms with E-state index in [0.29, 0.717) is 24.2 Å². The maximum atomic E-state index is 13.6. The average molecular weight is 699 g/mol. The second-order valence-corrected chi connectivity index (χ2v) is 11.2. The summed E-state index contributed by atoms with van der Waals surface area (Å²) in [5.41, 5.74) is -0.126. The lowest BCUT2D eigenvalue weighted by molar-refractivity contribution is -0.151. The van der Waals surface area contributed by atoms with Crippen LogP contribution in [0.3, 0.4) is 0 Å². The number of benzene rings is 1. The zero-order chi connectivity index (χ0) is 32.5. The van der Waals surface area contributed by atoms with E-state index in [9.17, 15) is 22.4 Å². The third-order valence-corrected chi connectivity index (χ3v) is 8.45. The Labute approximate surface area is 269 Å². The molecule has 2 unspecified atom stereocenters. The van der Waals surface area contributed by atoms with Crippen molar-refractivity contribution < 1.29 is 41.0 Å². The van der Waals surface area contributed by atoms with E-state index in [4.69, 9.17) is 42.2 Å². The second-order valence-electron chi connectivity index (χ2n) is 9.45. The molecule has 5 aromatic rings. The third kappa shape index (κ3) is 7.06. The average Bonchev–Trinajstić information content (AvgIpc) is 3.70. The van der Waals surface area contributed by atoms with Crippen molar-refractivity contribution in [2.45, 2.75) is 37.0 Å². The zero-order valence-corrected chi connectivity index (χ0v) is 25.5. The lowest BCUT2D eigenvalue weighted by atomic mass is 9.63. The van der Waals surface area contributed by atoms with Crippen molar-refractivity contribution in [3.8, 4) is 22.3 Å².